The number of hydrogen-bond acceptors (Lipinski definition) is 4. The standard InChI is InChI=1S/C17H24N6O/c1-3-24-14-8-5-4-7-13(14)11-19-17(18-2)20-12-16-22-21-15-9-6-10-23(15)16/h4-5,7-8H,3,6,9-12H2,1-2H3,(H2,18,19,20). The lowest BCUT2D eigenvalue weighted by Crippen LogP contribution is -2.37. The molecule has 0 atom stereocenters. The molecule has 0 aliphatic carbocycles. The van der Waals surface area contributed by atoms with Crippen LogP contribution < -0.4 is 15.4 Å². The average molecular weight is 328 g/mol. The molecule has 2 N–H and O–H groups in total. The Balaban J connectivity index is 1.56. The predicted octanol–water partition coefficient (Wildman–Crippen LogP) is 1.49. The van der Waals surface area contributed by atoms with Gasteiger partial charge in [0.1, 0.15) is 11.6 Å². The lowest BCUT2D eigenvalue weighted by Gasteiger charge is -2.14. The molecule has 1 aromatic carbocycles. The molecular formula is C17H24N6O. The summed E-state index contributed by atoms with van der Waals surface area (Å²) < 4.78 is 7.84. The van der Waals surface area contributed by atoms with Crippen molar-refractivity contribution in [2.24, 2.45) is 4.99 Å². The van der Waals surface area contributed by atoms with E-state index in [1.54, 1.807) is 7.05 Å². The number of benzene rings is 1. The van der Waals surface area contributed by atoms with E-state index in [0.29, 0.717) is 19.7 Å². The van der Waals surface area contributed by atoms with E-state index >= 15 is 0 Å². The summed E-state index contributed by atoms with van der Waals surface area (Å²) in [7, 11) is 1.76. The van der Waals surface area contributed by atoms with E-state index in [4.69, 9.17) is 4.74 Å². The zero-order valence-corrected chi connectivity index (χ0v) is 14.2. The molecule has 2 aromatic rings. The summed E-state index contributed by atoms with van der Waals surface area (Å²) >= 11 is 0. The largest absolute Gasteiger partial charge is 0.494 e. The molecule has 2 heterocycles. The van der Waals surface area contributed by atoms with Gasteiger partial charge < -0.3 is 19.9 Å². The highest BCUT2D eigenvalue weighted by Crippen LogP contribution is 2.17. The third kappa shape index (κ3) is 3.67. The van der Waals surface area contributed by atoms with Crippen molar-refractivity contribution in [2.45, 2.75) is 39.4 Å². The highest BCUT2D eigenvalue weighted by molar-refractivity contribution is 5.79. The van der Waals surface area contributed by atoms with Crippen molar-refractivity contribution in [1.29, 1.82) is 0 Å². The number of guanidine groups is 1. The van der Waals surface area contributed by atoms with Crippen LogP contribution in [0.1, 0.15) is 30.6 Å². The minimum atomic E-state index is 0.611. The normalized spacial score (nSPS) is 13.7. The van der Waals surface area contributed by atoms with Gasteiger partial charge in [-0.2, -0.15) is 0 Å². The minimum Gasteiger partial charge on any atom is -0.494 e. The Morgan fingerprint density at radius 1 is 1.25 bits per heavy atom. The summed E-state index contributed by atoms with van der Waals surface area (Å²) in [5, 5.41) is 15.1. The number of aliphatic imine (C=N–C) groups is 1. The van der Waals surface area contributed by atoms with Gasteiger partial charge in [0, 0.05) is 32.1 Å². The van der Waals surface area contributed by atoms with Gasteiger partial charge in [-0.3, -0.25) is 4.99 Å². The second kappa shape index (κ2) is 7.81. The van der Waals surface area contributed by atoms with Gasteiger partial charge in [0.2, 0.25) is 0 Å². The Labute approximate surface area is 142 Å². The molecule has 7 nitrogen and oxygen atoms in total. The molecule has 0 radical (unpaired) electrons. The molecule has 0 saturated carbocycles. The van der Waals surface area contributed by atoms with Gasteiger partial charge in [0.05, 0.1) is 13.2 Å². The van der Waals surface area contributed by atoms with Crippen molar-refractivity contribution in [2.75, 3.05) is 13.7 Å². The van der Waals surface area contributed by atoms with E-state index in [2.05, 4.69) is 36.5 Å². The third-order valence-corrected chi connectivity index (χ3v) is 4.04. The molecule has 0 saturated heterocycles. The summed E-state index contributed by atoms with van der Waals surface area (Å²) in [6, 6.07) is 8.02. The quantitative estimate of drug-likeness (QED) is 0.621. The van der Waals surface area contributed by atoms with Crippen molar-refractivity contribution in [3.8, 4) is 5.75 Å². The summed E-state index contributed by atoms with van der Waals surface area (Å²) in [6.07, 6.45) is 2.17. The number of hydrogen-bond donors (Lipinski definition) is 2. The Morgan fingerprint density at radius 3 is 2.92 bits per heavy atom. The van der Waals surface area contributed by atoms with E-state index in [9.17, 15) is 0 Å². The maximum Gasteiger partial charge on any atom is 0.191 e. The Bertz CT molecular complexity index is 709. The van der Waals surface area contributed by atoms with Crippen LogP contribution in [-0.4, -0.2) is 34.4 Å². The molecule has 0 bridgehead atoms. The van der Waals surface area contributed by atoms with Gasteiger partial charge in [-0.05, 0) is 19.4 Å². The van der Waals surface area contributed by atoms with Crippen molar-refractivity contribution in [3.05, 3.63) is 41.5 Å². The first-order valence-electron chi connectivity index (χ1n) is 8.38. The molecule has 0 spiro atoms. The van der Waals surface area contributed by atoms with Gasteiger partial charge in [-0.15, -0.1) is 10.2 Å². The highest BCUT2D eigenvalue weighted by atomic mass is 16.5. The van der Waals surface area contributed by atoms with Crippen LogP contribution in [0.4, 0.5) is 0 Å². The maximum absolute atomic E-state index is 5.65. The number of ether oxygens (including phenoxy) is 1. The zero-order valence-electron chi connectivity index (χ0n) is 14.2. The fraction of sp³-hybridized carbons (Fsp3) is 0.471. The van der Waals surface area contributed by atoms with Crippen molar-refractivity contribution in [1.82, 2.24) is 25.4 Å². The van der Waals surface area contributed by atoms with Crippen LogP contribution in [0.3, 0.4) is 0 Å². The topological polar surface area (TPSA) is 76.4 Å². The predicted molar refractivity (Wildman–Crippen MR) is 93.0 cm³/mol. The molecule has 7 heteroatoms. The van der Waals surface area contributed by atoms with Crippen LogP contribution in [0.25, 0.3) is 0 Å². The molecule has 0 unspecified atom stereocenters. The molecule has 1 aliphatic heterocycles. The van der Waals surface area contributed by atoms with Gasteiger partial charge in [-0.1, -0.05) is 18.2 Å². The second-order valence-corrected chi connectivity index (χ2v) is 5.61. The van der Waals surface area contributed by atoms with Crippen molar-refractivity contribution < 1.29 is 4.74 Å². The van der Waals surface area contributed by atoms with E-state index in [1.165, 1.54) is 0 Å². The number of para-hydroxylation sites is 1. The molecule has 0 amide bonds. The van der Waals surface area contributed by atoms with Gasteiger partial charge >= 0.3 is 0 Å². The number of fused-ring (bicyclic) bond motifs is 1. The van der Waals surface area contributed by atoms with Crippen LogP contribution in [0, 0.1) is 0 Å². The highest BCUT2D eigenvalue weighted by Gasteiger charge is 2.17. The van der Waals surface area contributed by atoms with Crippen LogP contribution >= 0.6 is 0 Å². The minimum absolute atomic E-state index is 0.611. The molecule has 3 rings (SSSR count). The van der Waals surface area contributed by atoms with Crippen LogP contribution in [-0.2, 0) is 26.1 Å². The lowest BCUT2D eigenvalue weighted by molar-refractivity contribution is 0.336. The number of aryl methyl sites for hydroxylation is 1. The van der Waals surface area contributed by atoms with Crippen molar-refractivity contribution >= 4 is 5.96 Å². The van der Waals surface area contributed by atoms with E-state index < -0.39 is 0 Å². The van der Waals surface area contributed by atoms with Crippen LogP contribution in [0.2, 0.25) is 0 Å². The molecule has 1 aromatic heterocycles. The fourth-order valence-corrected chi connectivity index (χ4v) is 2.85. The third-order valence-electron chi connectivity index (χ3n) is 4.04. The number of nitrogens with one attached hydrogen (secondary N) is 2. The monoisotopic (exact) mass is 328 g/mol. The Hall–Kier alpha value is -2.57. The van der Waals surface area contributed by atoms with E-state index in [0.717, 1.165) is 48.3 Å². The number of aromatic nitrogens is 3. The number of nitrogens with zero attached hydrogens (tertiary/aromatic N) is 4. The zero-order chi connectivity index (χ0) is 16.8. The lowest BCUT2D eigenvalue weighted by atomic mass is 10.2. The van der Waals surface area contributed by atoms with E-state index in [-0.39, 0.29) is 0 Å². The van der Waals surface area contributed by atoms with Crippen LogP contribution in [0.5, 0.6) is 5.75 Å². The Morgan fingerprint density at radius 2 is 2.08 bits per heavy atom. The molecule has 0 fully saturated rings. The summed E-state index contributed by atoms with van der Waals surface area (Å²) in [5.74, 6) is 3.68. The fourth-order valence-electron chi connectivity index (χ4n) is 2.85. The average Bonchev–Trinajstić information content (AvgIpc) is 3.21. The smallest absolute Gasteiger partial charge is 0.191 e. The van der Waals surface area contributed by atoms with Gasteiger partial charge in [0.25, 0.3) is 0 Å². The van der Waals surface area contributed by atoms with Gasteiger partial charge in [0.15, 0.2) is 11.8 Å². The summed E-state index contributed by atoms with van der Waals surface area (Å²) in [4.78, 5) is 4.27. The second-order valence-electron chi connectivity index (χ2n) is 5.61. The van der Waals surface area contributed by atoms with Crippen LogP contribution in [0.15, 0.2) is 29.3 Å². The SMILES string of the molecule is CCOc1ccccc1CNC(=NC)NCc1nnc2n1CCC2. The molecule has 128 valence electrons. The molecular weight excluding hydrogens is 304 g/mol. The first-order chi connectivity index (χ1) is 11.8. The molecule has 24 heavy (non-hydrogen) atoms. The first kappa shape index (κ1) is 16.3. The first-order valence-corrected chi connectivity index (χ1v) is 8.38. The number of rotatable bonds is 6. The van der Waals surface area contributed by atoms with Crippen molar-refractivity contribution in [3.63, 3.8) is 0 Å². The van der Waals surface area contributed by atoms with E-state index in [1.807, 2.05) is 25.1 Å². The Kier molecular flexibility index (Phi) is 5.30. The molecule has 1 aliphatic rings. The maximum atomic E-state index is 5.65. The summed E-state index contributed by atoms with van der Waals surface area (Å²) in [6.45, 7) is 4.91. The van der Waals surface area contributed by atoms with Gasteiger partial charge in [-0.25, -0.2) is 0 Å². The summed E-state index contributed by atoms with van der Waals surface area (Å²) in [5.41, 5.74) is 1.10.